The number of likely N-dealkylation sites (tertiary alicyclic amines) is 1. The minimum atomic E-state index is -0.0723. The molecule has 1 aliphatic heterocycles. The van der Waals surface area contributed by atoms with Gasteiger partial charge in [-0.2, -0.15) is 0 Å². The molecule has 0 aromatic carbocycles. The molecule has 1 amide bonds. The molecular weight excluding hydrogens is 326 g/mol. The molecule has 3 rings (SSSR count). The van der Waals surface area contributed by atoms with Gasteiger partial charge in [0, 0.05) is 35.8 Å². The average Bonchev–Trinajstić information content (AvgIpc) is 2.86. The summed E-state index contributed by atoms with van der Waals surface area (Å²) in [7, 11) is 0. The molecule has 2 aromatic rings. The molecule has 2 aromatic heterocycles. The summed E-state index contributed by atoms with van der Waals surface area (Å²) >= 11 is 1.48. The van der Waals surface area contributed by atoms with E-state index in [9.17, 15) is 9.59 Å². The van der Waals surface area contributed by atoms with Crippen molar-refractivity contribution in [3.05, 3.63) is 39.6 Å². The molecule has 3 heterocycles. The molecule has 0 saturated carbocycles. The highest BCUT2D eigenvalue weighted by atomic mass is 32.1. The summed E-state index contributed by atoms with van der Waals surface area (Å²) in [5.41, 5.74) is 2.04. The van der Waals surface area contributed by atoms with Crippen molar-refractivity contribution in [1.82, 2.24) is 14.9 Å². The molecule has 24 heavy (non-hydrogen) atoms. The third-order valence-corrected chi connectivity index (χ3v) is 4.75. The molecule has 0 radical (unpaired) electrons. The zero-order valence-electron chi connectivity index (χ0n) is 13.9. The van der Waals surface area contributed by atoms with E-state index in [0.717, 1.165) is 16.4 Å². The molecule has 1 fully saturated rings. The van der Waals surface area contributed by atoms with Crippen LogP contribution in [0.2, 0.25) is 0 Å². The van der Waals surface area contributed by atoms with E-state index in [1.807, 2.05) is 19.2 Å². The number of ketones is 1. The number of carbonyl (C=O) groups excluding carboxylic acids is 2. The fraction of sp³-hybridized carbons (Fsp3) is 0.412. The van der Waals surface area contributed by atoms with Crippen LogP contribution < -0.4 is 4.74 Å². The number of aryl methyl sites for hydroxylation is 2. The smallest absolute Gasteiger partial charge is 0.219 e. The van der Waals surface area contributed by atoms with Gasteiger partial charge in [-0.05, 0) is 13.8 Å². The number of ether oxygens (including phenoxy) is 1. The van der Waals surface area contributed by atoms with Gasteiger partial charge in [0.25, 0.3) is 0 Å². The Kier molecular flexibility index (Phi) is 4.62. The molecular formula is C17H19N3O3S. The van der Waals surface area contributed by atoms with E-state index in [4.69, 9.17) is 4.74 Å². The molecule has 0 N–H and O–H groups in total. The number of amides is 1. The molecule has 0 aliphatic carbocycles. The minimum absolute atomic E-state index is 0.0275. The summed E-state index contributed by atoms with van der Waals surface area (Å²) in [6.45, 7) is 6.45. The molecule has 0 atom stereocenters. The Morgan fingerprint density at radius 2 is 2.00 bits per heavy atom. The number of nitrogens with zero attached hydrogens (tertiary/aromatic N) is 3. The largest absolute Gasteiger partial charge is 0.487 e. The van der Waals surface area contributed by atoms with Gasteiger partial charge >= 0.3 is 0 Å². The standard InChI is InChI=1S/C17H19N3O3S/c1-10-4-13(23-14-7-20(8-14)12(3)21)5-15(18-10)16(22)6-17-19-11(2)9-24-17/h4-5,9,14H,6-8H2,1-3H3. The van der Waals surface area contributed by atoms with Crippen molar-refractivity contribution in [2.24, 2.45) is 0 Å². The number of hydrogen-bond donors (Lipinski definition) is 0. The Balaban J connectivity index is 1.67. The second-order valence-electron chi connectivity index (χ2n) is 5.98. The van der Waals surface area contributed by atoms with Crippen LogP contribution in [0.1, 0.15) is 33.8 Å². The van der Waals surface area contributed by atoms with Crippen LogP contribution >= 0.6 is 11.3 Å². The van der Waals surface area contributed by atoms with Crippen molar-refractivity contribution >= 4 is 23.0 Å². The summed E-state index contributed by atoms with van der Waals surface area (Å²) in [5, 5.41) is 2.72. The third kappa shape index (κ3) is 3.79. The highest BCUT2D eigenvalue weighted by Gasteiger charge is 2.30. The zero-order valence-corrected chi connectivity index (χ0v) is 14.7. The maximum atomic E-state index is 12.4. The van der Waals surface area contributed by atoms with E-state index in [1.165, 1.54) is 11.3 Å². The Hall–Kier alpha value is -2.28. The maximum absolute atomic E-state index is 12.4. The number of pyridine rings is 1. The van der Waals surface area contributed by atoms with Crippen LogP contribution in [0, 0.1) is 13.8 Å². The molecule has 0 unspecified atom stereocenters. The van der Waals surface area contributed by atoms with Gasteiger partial charge in [-0.25, -0.2) is 9.97 Å². The molecule has 0 bridgehead atoms. The number of rotatable bonds is 5. The Morgan fingerprint density at radius 3 is 2.62 bits per heavy atom. The van der Waals surface area contributed by atoms with E-state index in [-0.39, 0.29) is 24.2 Å². The van der Waals surface area contributed by atoms with Crippen molar-refractivity contribution in [2.45, 2.75) is 33.3 Å². The van der Waals surface area contributed by atoms with E-state index in [2.05, 4.69) is 9.97 Å². The minimum Gasteiger partial charge on any atom is -0.487 e. The normalized spacial score (nSPS) is 14.4. The van der Waals surface area contributed by atoms with Crippen LogP contribution in [-0.2, 0) is 11.2 Å². The number of Topliss-reactive ketones (excluding diaryl/α,β-unsaturated/α-hetero) is 1. The summed E-state index contributed by atoms with van der Waals surface area (Å²) in [5.74, 6) is 0.599. The molecule has 6 nitrogen and oxygen atoms in total. The fourth-order valence-corrected chi connectivity index (χ4v) is 3.29. The zero-order chi connectivity index (χ0) is 17.3. The highest BCUT2D eigenvalue weighted by molar-refractivity contribution is 7.09. The summed E-state index contributed by atoms with van der Waals surface area (Å²) in [6.07, 6.45) is 0.218. The second-order valence-corrected chi connectivity index (χ2v) is 6.92. The fourth-order valence-electron chi connectivity index (χ4n) is 2.52. The lowest BCUT2D eigenvalue weighted by atomic mass is 10.1. The van der Waals surface area contributed by atoms with E-state index < -0.39 is 0 Å². The van der Waals surface area contributed by atoms with Crippen LogP contribution in [0.25, 0.3) is 0 Å². The highest BCUT2D eigenvalue weighted by Crippen LogP contribution is 2.21. The first-order valence-electron chi connectivity index (χ1n) is 7.76. The number of thiazole rings is 1. The van der Waals surface area contributed by atoms with Crippen molar-refractivity contribution < 1.29 is 14.3 Å². The number of carbonyl (C=O) groups is 2. The Labute approximate surface area is 144 Å². The average molecular weight is 345 g/mol. The van der Waals surface area contributed by atoms with Crippen LogP contribution in [0.3, 0.4) is 0 Å². The van der Waals surface area contributed by atoms with Crippen molar-refractivity contribution in [2.75, 3.05) is 13.1 Å². The lowest BCUT2D eigenvalue weighted by Crippen LogP contribution is -2.55. The van der Waals surface area contributed by atoms with Crippen LogP contribution in [0.5, 0.6) is 5.75 Å². The molecule has 0 spiro atoms. The van der Waals surface area contributed by atoms with Gasteiger partial charge in [0.1, 0.15) is 22.6 Å². The van der Waals surface area contributed by atoms with Crippen LogP contribution in [0.4, 0.5) is 0 Å². The van der Waals surface area contributed by atoms with Crippen LogP contribution in [-0.4, -0.2) is 45.8 Å². The maximum Gasteiger partial charge on any atom is 0.219 e. The van der Waals surface area contributed by atoms with Crippen molar-refractivity contribution in [3.8, 4) is 5.75 Å². The second kappa shape index (κ2) is 6.68. The monoisotopic (exact) mass is 345 g/mol. The quantitative estimate of drug-likeness (QED) is 0.777. The topological polar surface area (TPSA) is 72.4 Å². The van der Waals surface area contributed by atoms with Gasteiger partial charge in [-0.15, -0.1) is 11.3 Å². The van der Waals surface area contributed by atoms with Gasteiger partial charge in [0.15, 0.2) is 5.78 Å². The Morgan fingerprint density at radius 1 is 1.25 bits per heavy atom. The first-order valence-corrected chi connectivity index (χ1v) is 8.64. The first kappa shape index (κ1) is 16.6. The number of aromatic nitrogens is 2. The van der Waals surface area contributed by atoms with Gasteiger partial charge in [0.2, 0.25) is 5.91 Å². The first-order chi connectivity index (χ1) is 11.4. The lowest BCUT2D eigenvalue weighted by molar-refractivity contribution is -0.137. The van der Waals surface area contributed by atoms with E-state index >= 15 is 0 Å². The van der Waals surface area contributed by atoms with Crippen LogP contribution in [0.15, 0.2) is 17.5 Å². The van der Waals surface area contributed by atoms with E-state index in [0.29, 0.717) is 24.5 Å². The van der Waals surface area contributed by atoms with Gasteiger partial charge in [-0.1, -0.05) is 0 Å². The lowest BCUT2D eigenvalue weighted by Gasteiger charge is -2.38. The SMILES string of the molecule is CC(=O)N1CC(Oc2cc(C)nc(C(=O)Cc3nc(C)cs3)c2)C1. The molecule has 1 saturated heterocycles. The van der Waals surface area contributed by atoms with Gasteiger partial charge < -0.3 is 9.64 Å². The molecule has 126 valence electrons. The summed E-state index contributed by atoms with van der Waals surface area (Å²) in [4.78, 5) is 34.0. The predicted octanol–water partition coefficient (Wildman–Crippen LogP) is 2.19. The van der Waals surface area contributed by atoms with Gasteiger partial charge in [0.05, 0.1) is 19.5 Å². The van der Waals surface area contributed by atoms with Crippen molar-refractivity contribution in [3.63, 3.8) is 0 Å². The summed E-state index contributed by atoms with van der Waals surface area (Å²) in [6, 6.07) is 3.48. The third-order valence-electron chi connectivity index (χ3n) is 3.79. The van der Waals surface area contributed by atoms with Gasteiger partial charge in [-0.3, -0.25) is 9.59 Å². The molecule has 7 heteroatoms. The van der Waals surface area contributed by atoms with E-state index in [1.54, 1.807) is 24.0 Å². The number of hydrogen-bond acceptors (Lipinski definition) is 6. The summed E-state index contributed by atoms with van der Waals surface area (Å²) < 4.78 is 5.86. The molecule has 1 aliphatic rings. The predicted molar refractivity (Wildman–Crippen MR) is 90.5 cm³/mol. The van der Waals surface area contributed by atoms with Crippen molar-refractivity contribution in [1.29, 1.82) is 0 Å². The Bertz CT molecular complexity index is 781.